The molecule has 102 valence electrons. The van der Waals surface area contributed by atoms with Gasteiger partial charge in [-0.1, -0.05) is 17.7 Å². The number of nitrogens with zero attached hydrogens (tertiary/aromatic N) is 1. The van der Waals surface area contributed by atoms with Gasteiger partial charge in [-0.2, -0.15) is 0 Å². The van der Waals surface area contributed by atoms with Crippen molar-refractivity contribution in [2.45, 2.75) is 6.92 Å². The van der Waals surface area contributed by atoms with Gasteiger partial charge in [0.2, 0.25) is 0 Å². The molecule has 3 rings (SSSR count). The Morgan fingerprint density at radius 3 is 2.75 bits per heavy atom. The Hall–Kier alpha value is -1.78. The number of methoxy groups -OCH3 is 1. The van der Waals surface area contributed by atoms with Crippen LogP contribution in [0.1, 0.15) is 5.56 Å². The topological polar surface area (TPSA) is 29.9 Å². The van der Waals surface area contributed by atoms with Crippen molar-refractivity contribution in [3.63, 3.8) is 0 Å². The Kier molecular flexibility index (Phi) is 3.28. The number of halogens is 1. The standard InChI is InChI=1S/C15H13ClN2OS/c1-9-3-6-12-14(7-9)18(15(20)17-12)13-8-10(19-2)4-5-11(13)16/h3-8H,1-2H3,(H,17,20). The van der Waals surface area contributed by atoms with E-state index < -0.39 is 0 Å². The molecule has 0 aliphatic carbocycles. The van der Waals surface area contributed by atoms with Gasteiger partial charge >= 0.3 is 0 Å². The predicted octanol–water partition coefficient (Wildman–Crippen LogP) is 4.66. The maximum absolute atomic E-state index is 6.32. The highest BCUT2D eigenvalue weighted by Gasteiger charge is 2.11. The van der Waals surface area contributed by atoms with Gasteiger partial charge in [0.1, 0.15) is 5.75 Å². The van der Waals surface area contributed by atoms with Crippen LogP contribution in [0, 0.1) is 11.7 Å². The van der Waals surface area contributed by atoms with E-state index in [0.29, 0.717) is 9.79 Å². The van der Waals surface area contributed by atoms with Crippen molar-refractivity contribution in [2.75, 3.05) is 7.11 Å². The van der Waals surface area contributed by atoms with Crippen molar-refractivity contribution < 1.29 is 4.74 Å². The molecule has 3 aromatic rings. The summed E-state index contributed by atoms with van der Waals surface area (Å²) in [5.41, 5.74) is 3.97. The van der Waals surface area contributed by atoms with Crippen LogP contribution in [0.5, 0.6) is 5.75 Å². The Bertz CT molecular complexity index is 851. The smallest absolute Gasteiger partial charge is 0.182 e. The van der Waals surface area contributed by atoms with Crippen molar-refractivity contribution in [3.05, 3.63) is 51.8 Å². The van der Waals surface area contributed by atoms with E-state index in [1.807, 2.05) is 41.8 Å². The fourth-order valence-corrected chi connectivity index (χ4v) is 2.75. The number of hydrogen-bond acceptors (Lipinski definition) is 2. The fourth-order valence-electron chi connectivity index (χ4n) is 2.24. The first-order chi connectivity index (χ1) is 9.60. The zero-order chi connectivity index (χ0) is 14.3. The van der Waals surface area contributed by atoms with Crippen LogP contribution in [0.4, 0.5) is 0 Å². The lowest BCUT2D eigenvalue weighted by Crippen LogP contribution is -1.96. The molecule has 1 heterocycles. The van der Waals surface area contributed by atoms with Crippen LogP contribution in [-0.2, 0) is 0 Å². The van der Waals surface area contributed by atoms with E-state index in [9.17, 15) is 0 Å². The molecule has 0 radical (unpaired) electrons. The minimum Gasteiger partial charge on any atom is -0.497 e. The van der Waals surface area contributed by atoms with E-state index in [4.69, 9.17) is 28.6 Å². The van der Waals surface area contributed by atoms with Crippen LogP contribution >= 0.6 is 23.8 Å². The summed E-state index contributed by atoms with van der Waals surface area (Å²) in [6, 6.07) is 11.7. The van der Waals surface area contributed by atoms with Crippen molar-refractivity contribution in [1.82, 2.24) is 9.55 Å². The Labute approximate surface area is 126 Å². The van der Waals surface area contributed by atoms with Crippen molar-refractivity contribution in [1.29, 1.82) is 0 Å². The molecule has 0 amide bonds. The average Bonchev–Trinajstić information content (AvgIpc) is 2.75. The predicted molar refractivity (Wildman–Crippen MR) is 84.8 cm³/mol. The summed E-state index contributed by atoms with van der Waals surface area (Å²) in [5.74, 6) is 0.744. The van der Waals surface area contributed by atoms with E-state index >= 15 is 0 Å². The van der Waals surface area contributed by atoms with Gasteiger partial charge in [0, 0.05) is 6.07 Å². The first kappa shape index (κ1) is 13.2. The van der Waals surface area contributed by atoms with Crippen molar-refractivity contribution in [2.24, 2.45) is 0 Å². The third-order valence-corrected chi connectivity index (χ3v) is 3.84. The zero-order valence-electron chi connectivity index (χ0n) is 11.1. The van der Waals surface area contributed by atoms with Gasteiger partial charge in [0.05, 0.1) is 28.9 Å². The SMILES string of the molecule is COc1ccc(Cl)c(-n2c(=S)[nH]c3ccc(C)cc32)c1. The molecule has 5 heteroatoms. The van der Waals surface area contributed by atoms with Gasteiger partial charge in [-0.15, -0.1) is 0 Å². The first-order valence-electron chi connectivity index (χ1n) is 6.15. The van der Waals surface area contributed by atoms with Crippen LogP contribution in [0.2, 0.25) is 5.02 Å². The zero-order valence-corrected chi connectivity index (χ0v) is 12.7. The monoisotopic (exact) mass is 304 g/mol. The maximum Gasteiger partial charge on any atom is 0.182 e. The molecule has 1 aromatic heterocycles. The van der Waals surface area contributed by atoms with Crippen LogP contribution in [0.25, 0.3) is 16.7 Å². The van der Waals surface area contributed by atoms with Crippen LogP contribution in [0.3, 0.4) is 0 Å². The number of hydrogen-bond donors (Lipinski definition) is 1. The number of ether oxygens (including phenoxy) is 1. The molecule has 0 atom stereocenters. The summed E-state index contributed by atoms with van der Waals surface area (Å²) in [7, 11) is 1.63. The van der Waals surface area contributed by atoms with E-state index in [1.165, 1.54) is 5.56 Å². The summed E-state index contributed by atoms with van der Waals surface area (Å²) in [6.07, 6.45) is 0. The van der Waals surface area contributed by atoms with Crippen LogP contribution in [0.15, 0.2) is 36.4 Å². The second-order valence-electron chi connectivity index (χ2n) is 4.60. The third kappa shape index (κ3) is 2.11. The molecule has 0 saturated heterocycles. The highest BCUT2D eigenvalue weighted by Crippen LogP contribution is 2.29. The average molecular weight is 305 g/mol. The molecule has 3 nitrogen and oxygen atoms in total. The number of rotatable bonds is 2. The molecule has 0 aliphatic rings. The lowest BCUT2D eigenvalue weighted by atomic mass is 10.2. The molecule has 1 N–H and O–H groups in total. The Balaban J connectivity index is 2.37. The molecule has 0 saturated carbocycles. The number of benzene rings is 2. The van der Waals surface area contributed by atoms with Crippen molar-refractivity contribution in [3.8, 4) is 11.4 Å². The first-order valence-corrected chi connectivity index (χ1v) is 6.94. The highest BCUT2D eigenvalue weighted by atomic mass is 35.5. The van der Waals surface area contributed by atoms with Crippen LogP contribution < -0.4 is 4.74 Å². The van der Waals surface area contributed by atoms with Gasteiger partial charge < -0.3 is 9.72 Å². The second kappa shape index (κ2) is 4.96. The summed E-state index contributed by atoms with van der Waals surface area (Å²) in [5, 5.41) is 0.629. The maximum atomic E-state index is 6.32. The molecule has 0 unspecified atom stereocenters. The number of aromatic nitrogens is 2. The van der Waals surface area contributed by atoms with Gasteiger partial charge in [-0.05, 0) is 49.0 Å². The van der Waals surface area contributed by atoms with Crippen LogP contribution in [-0.4, -0.2) is 16.7 Å². The molecule has 0 fully saturated rings. The quantitative estimate of drug-likeness (QED) is 0.698. The van der Waals surface area contributed by atoms with Gasteiger partial charge in [-0.3, -0.25) is 4.57 Å². The largest absolute Gasteiger partial charge is 0.497 e. The number of H-pyrrole nitrogens is 1. The normalized spacial score (nSPS) is 10.9. The number of aromatic amines is 1. The van der Waals surface area contributed by atoms with E-state index in [2.05, 4.69) is 11.1 Å². The molecular formula is C15H13ClN2OS. The summed E-state index contributed by atoms with van der Waals surface area (Å²) in [4.78, 5) is 3.20. The van der Waals surface area contributed by atoms with Crippen molar-refractivity contribution >= 4 is 34.9 Å². The molecular weight excluding hydrogens is 292 g/mol. The number of fused-ring (bicyclic) bond motifs is 1. The van der Waals surface area contributed by atoms with Gasteiger partial charge in [0.25, 0.3) is 0 Å². The third-order valence-electron chi connectivity index (χ3n) is 3.23. The minimum absolute atomic E-state index is 0.612. The summed E-state index contributed by atoms with van der Waals surface area (Å²) < 4.78 is 7.81. The molecule has 20 heavy (non-hydrogen) atoms. The number of aryl methyl sites for hydroxylation is 1. The summed E-state index contributed by atoms with van der Waals surface area (Å²) in [6.45, 7) is 2.05. The number of nitrogens with one attached hydrogen (secondary N) is 1. The van der Waals surface area contributed by atoms with Gasteiger partial charge in [0.15, 0.2) is 4.77 Å². The lowest BCUT2D eigenvalue weighted by molar-refractivity contribution is 0.414. The molecule has 0 spiro atoms. The van der Waals surface area contributed by atoms with E-state index in [-0.39, 0.29) is 0 Å². The number of imidazole rings is 1. The van der Waals surface area contributed by atoms with E-state index in [0.717, 1.165) is 22.5 Å². The lowest BCUT2D eigenvalue weighted by Gasteiger charge is -2.09. The second-order valence-corrected chi connectivity index (χ2v) is 5.40. The minimum atomic E-state index is 0.612. The Morgan fingerprint density at radius 1 is 1.20 bits per heavy atom. The Morgan fingerprint density at radius 2 is 2.00 bits per heavy atom. The molecule has 0 bridgehead atoms. The summed E-state index contributed by atoms with van der Waals surface area (Å²) >= 11 is 11.7. The fraction of sp³-hybridized carbons (Fsp3) is 0.133. The highest BCUT2D eigenvalue weighted by molar-refractivity contribution is 7.71. The van der Waals surface area contributed by atoms with E-state index in [1.54, 1.807) is 7.11 Å². The molecule has 0 aliphatic heterocycles. The van der Waals surface area contributed by atoms with Gasteiger partial charge in [-0.25, -0.2) is 0 Å². The molecule has 2 aromatic carbocycles.